The van der Waals surface area contributed by atoms with E-state index in [1.807, 2.05) is 0 Å². The van der Waals surface area contributed by atoms with E-state index >= 15 is 0 Å². The molecule has 1 rings (SSSR count). The van der Waals surface area contributed by atoms with Gasteiger partial charge in [0.1, 0.15) is 0 Å². The van der Waals surface area contributed by atoms with Crippen molar-refractivity contribution in [3.8, 4) is 0 Å². The van der Waals surface area contributed by atoms with E-state index < -0.39 is 0 Å². The van der Waals surface area contributed by atoms with Crippen LogP contribution >= 0.6 is 11.6 Å². The fourth-order valence-electron chi connectivity index (χ4n) is 2.26. The van der Waals surface area contributed by atoms with Crippen molar-refractivity contribution in [1.82, 2.24) is 5.32 Å². The summed E-state index contributed by atoms with van der Waals surface area (Å²) in [6.07, 6.45) is 6.08. The van der Waals surface area contributed by atoms with Crippen LogP contribution in [-0.2, 0) is 9.47 Å². The first-order valence-electron chi connectivity index (χ1n) is 6.74. The van der Waals surface area contributed by atoms with Crippen LogP contribution in [0.2, 0.25) is 0 Å². The van der Waals surface area contributed by atoms with Crippen LogP contribution in [0, 0.1) is 5.92 Å². The van der Waals surface area contributed by atoms with Gasteiger partial charge in [-0.1, -0.05) is 6.42 Å². The highest BCUT2D eigenvalue weighted by Gasteiger charge is 2.19. The molecule has 1 aliphatic carbocycles. The van der Waals surface area contributed by atoms with E-state index in [4.69, 9.17) is 21.1 Å². The largest absolute Gasteiger partial charge is 0.382 e. The summed E-state index contributed by atoms with van der Waals surface area (Å²) in [4.78, 5) is 0. The molecule has 17 heavy (non-hydrogen) atoms. The summed E-state index contributed by atoms with van der Waals surface area (Å²) in [6.45, 7) is 4.36. The van der Waals surface area contributed by atoms with Crippen LogP contribution in [-0.4, -0.2) is 45.4 Å². The molecule has 2 atom stereocenters. The zero-order valence-corrected chi connectivity index (χ0v) is 11.7. The zero-order valence-electron chi connectivity index (χ0n) is 10.9. The normalized spacial score (nSPS) is 25.1. The Morgan fingerprint density at radius 1 is 1.24 bits per heavy atom. The number of rotatable bonds is 9. The first-order valence-corrected chi connectivity index (χ1v) is 7.18. The molecule has 102 valence electrons. The maximum Gasteiger partial charge on any atom is 0.0700 e. The SMILES string of the molecule is COCCOCCCNCC1CCCC(Cl)C1. The van der Waals surface area contributed by atoms with Crippen molar-refractivity contribution in [3.05, 3.63) is 0 Å². The number of ether oxygens (including phenoxy) is 2. The first kappa shape index (κ1) is 15.2. The second kappa shape index (κ2) is 10.1. The van der Waals surface area contributed by atoms with Crippen LogP contribution in [0.1, 0.15) is 32.1 Å². The lowest BCUT2D eigenvalue weighted by Crippen LogP contribution is -2.28. The smallest absolute Gasteiger partial charge is 0.0700 e. The van der Waals surface area contributed by atoms with Gasteiger partial charge in [-0.2, -0.15) is 0 Å². The number of halogens is 1. The molecule has 0 aromatic carbocycles. The van der Waals surface area contributed by atoms with E-state index in [9.17, 15) is 0 Å². The molecule has 2 unspecified atom stereocenters. The van der Waals surface area contributed by atoms with Crippen LogP contribution in [0.4, 0.5) is 0 Å². The highest BCUT2D eigenvalue weighted by molar-refractivity contribution is 6.20. The van der Waals surface area contributed by atoms with Gasteiger partial charge in [-0.05, 0) is 44.7 Å². The second-order valence-corrected chi connectivity index (χ2v) is 5.41. The van der Waals surface area contributed by atoms with Crippen LogP contribution in [0.5, 0.6) is 0 Å². The van der Waals surface area contributed by atoms with Gasteiger partial charge in [-0.15, -0.1) is 11.6 Å². The molecule has 0 bridgehead atoms. The Labute approximate surface area is 110 Å². The molecule has 3 nitrogen and oxygen atoms in total. The quantitative estimate of drug-likeness (QED) is 0.512. The van der Waals surface area contributed by atoms with E-state index in [0.717, 1.165) is 32.0 Å². The highest BCUT2D eigenvalue weighted by Crippen LogP contribution is 2.27. The van der Waals surface area contributed by atoms with E-state index in [1.165, 1.54) is 25.7 Å². The molecule has 0 aliphatic heterocycles. The lowest BCUT2D eigenvalue weighted by Gasteiger charge is -2.25. The summed E-state index contributed by atoms with van der Waals surface area (Å²) in [5.41, 5.74) is 0. The third-order valence-corrected chi connectivity index (χ3v) is 3.62. The second-order valence-electron chi connectivity index (χ2n) is 4.79. The summed E-state index contributed by atoms with van der Waals surface area (Å²) in [6, 6.07) is 0. The first-order chi connectivity index (χ1) is 8.33. The maximum atomic E-state index is 6.16. The van der Waals surface area contributed by atoms with E-state index in [1.54, 1.807) is 7.11 Å². The maximum absolute atomic E-state index is 6.16. The van der Waals surface area contributed by atoms with Gasteiger partial charge in [0.25, 0.3) is 0 Å². The average molecular weight is 264 g/mol. The summed E-state index contributed by atoms with van der Waals surface area (Å²) < 4.78 is 10.3. The predicted molar refractivity (Wildman–Crippen MR) is 71.8 cm³/mol. The Bertz CT molecular complexity index is 181. The molecule has 1 aliphatic rings. The number of methoxy groups -OCH3 is 1. The number of hydrogen-bond acceptors (Lipinski definition) is 3. The summed E-state index contributed by atoms with van der Waals surface area (Å²) in [5, 5.41) is 3.91. The van der Waals surface area contributed by atoms with Gasteiger partial charge in [-0.3, -0.25) is 0 Å². The predicted octanol–water partition coefficient (Wildman–Crippen LogP) is 2.43. The van der Waals surface area contributed by atoms with Crippen LogP contribution < -0.4 is 5.32 Å². The van der Waals surface area contributed by atoms with Gasteiger partial charge in [0.2, 0.25) is 0 Å². The Hall–Kier alpha value is 0.170. The highest BCUT2D eigenvalue weighted by atomic mass is 35.5. The van der Waals surface area contributed by atoms with Crippen molar-refractivity contribution in [2.24, 2.45) is 5.92 Å². The molecule has 0 heterocycles. The Balaban J connectivity index is 1.83. The van der Waals surface area contributed by atoms with Crippen LogP contribution in [0.3, 0.4) is 0 Å². The van der Waals surface area contributed by atoms with E-state index in [-0.39, 0.29) is 0 Å². The fourth-order valence-corrected chi connectivity index (χ4v) is 2.67. The third kappa shape index (κ3) is 7.98. The minimum absolute atomic E-state index is 0.410. The van der Waals surface area contributed by atoms with E-state index in [0.29, 0.717) is 18.6 Å². The number of hydrogen-bond donors (Lipinski definition) is 1. The van der Waals surface area contributed by atoms with Crippen LogP contribution in [0.25, 0.3) is 0 Å². The lowest BCUT2D eigenvalue weighted by molar-refractivity contribution is 0.0694. The summed E-state index contributed by atoms with van der Waals surface area (Å²) >= 11 is 6.16. The number of alkyl halides is 1. The summed E-state index contributed by atoms with van der Waals surface area (Å²) in [7, 11) is 1.69. The van der Waals surface area contributed by atoms with Gasteiger partial charge in [-0.25, -0.2) is 0 Å². The minimum Gasteiger partial charge on any atom is -0.382 e. The third-order valence-electron chi connectivity index (χ3n) is 3.23. The molecule has 4 heteroatoms. The van der Waals surface area contributed by atoms with Gasteiger partial charge in [0.05, 0.1) is 13.2 Å². The van der Waals surface area contributed by atoms with Crippen molar-refractivity contribution < 1.29 is 9.47 Å². The average Bonchev–Trinajstić information content (AvgIpc) is 2.33. The van der Waals surface area contributed by atoms with Crippen molar-refractivity contribution >= 4 is 11.6 Å². The van der Waals surface area contributed by atoms with Crippen molar-refractivity contribution in [2.75, 3.05) is 40.0 Å². The monoisotopic (exact) mass is 263 g/mol. The lowest BCUT2D eigenvalue weighted by atomic mass is 9.89. The molecular weight excluding hydrogens is 238 g/mol. The molecule has 0 spiro atoms. The molecule has 1 saturated carbocycles. The fraction of sp³-hybridized carbons (Fsp3) is 1.00. The molecule has 1 fully saturated rings. The molecule has 0 radical (unpaired) electrons. The Morgan fingerprint density at radius 2 is 2.12 bits per heavy atom. The zero-order chi connectivity index (χ0) is 12.3. The van der Waals surface area contributed by atoms with Crippen molar-refractivity contribution in [1.29, 1.82) is 0 Å². The molecule has 0 aromatic rings. The molecule has 0 saturated heterocycles. The van der Waals surface area contributed by atoms with Gasteiger partial charge in [0, 0.05) is 19.1 Å². The number of nitrogens with one attached hydrogen (secondary N) is 1. The minimum atomic E-state index is 0.410. The molecule has 1 N–H and O–H groups in total. The van der Waals surface area contributed by atoms with Gasteiger partial charge in [0.15, 0.2) is 0 Å². The van der Waals surface area contributed by atoms with Gasteiger partial charge >= 0.3 is 0 Å². The topological polar surface area (TPSA) is 30.5 Å². The molecule has 0 aromatic heterocycles. The standard InChI is InChI=1S/C13H26ClNO2/c1-16-8-9-17-7-3-6-15-11-12-4-2-5-13(14)10-12/h12-13,15H,2-11H2,1H3. The molecular formula is C13H26ClNO2. The Morgan fingerprint density at radius 3 is 2.88 bits per heavy atom. The summed E-state index contributed by atoms with van der Waals surface area (Å²) in [5.74, 6) is 0.778. The van der Waals surface area contributed by atoms with Crippen LogP contribution in [0.15, 0.2) is 0 Å². The Kier molecular flexibility index (Phi) is 9.07. The van der Waals surface area contributed by atoms with Crippen molar-refractivity contribution in [3.63, 3.8) is 0 Å². The van der Waals surface area contributed by atoms with Gasteiger partial charge < -0.3 is 14.8 Å². The molecule has 0 amide bonds. The van der Waals surface area contributed by atoms with E-state index in [2.05, 4.69) is 5.32 Å². The van der Waals surface area contributed by atoms with Crippen molar-refractivity contribution in [2.45, 2.75) is 37.5 Å².